The van der Waals surface area contributed by atoms with E-state index in [9.17, 15) is 9.59 Å². The Morgan fingerprint density at radius 1 is 1.04 bits per heavy atom. The van der Waals surface area contributed by atoms with Crippen molar-refractivity contribution in [2.45, 2.75) is 18.3 Å². The first-order valence-electron chi connectivity index (χ1n) is 7.39. The number of ether oxygens (including phenoxy) is 1. The molecule has 0 aromatic heterocycles. The summed E-state index contributed by atoms with van der Waals surface area (Å²) in [6.07, 6.45) is 1.50. The first-order chi connectivity index (χ1) is 11.1. The third-order valence-corrected chi connectivity index (χ3v) is 4.28. The van der Waals surface area contributed by atoms with E-state index < -0.39 is 11.3 Å². The molecule has 0 atom stereocenters. The van der Waals surface area contributed by atoms with Crippen molar-refractivity contribution < 1.29 is 14.3 Å². The molecule has 1 aliphatic rings. The molecule has 0 radical (unpaired) electrons. The van der Waals surface area contributed by atoms with Crippen molar-refractivity contribution in [3.05, 3.63) is 65.2 Å². The molecular weight excluding hydrogens is 314 g/mol. The molecule has 2 aromatic rings. The Morgan fingerprint density at radius 3 is 2.35 bits per heavy atom. The van der Waals surface area contributed by atoms with Crippen molar-refractivity contribution in [1.82, 2.24) is 0 Å². The molecule has 4 nitrogen and oxygen atoms in total. The SMILES string of the molecule is O=C(COC(=O)C1(c2ccccc2)CC1)Nc1ccccc1Cl. The van der Waals surface area contributed by atoms with E-state index in [0.29, 0.717) is 10.7 Å². The second-order valence-electron chi connectivity index (χ2n) is 5.55. The molecule has 0 heterocycles. The maximum atomic E-state index is 12.3. The lowest BCUT2D eigenvalue weighted by molar-refractivity contribution is -0.150. The molecule has 0 aliphatic heterocycles. The van der Waals surface area contributed by atoms with E-state index >= 15 is 0 Å². The Morgan fingerprint density at radius 2 is 1.70 bits per heavy atom. The van der Waals surface area contributed by atoms with E-state index in [4.69, 9.17) is 16.3 Å². The molecule has 0 unspecified atom stereocenters. The van der Waals surface area contributed by atoms with E-state index in [2.05, 4.69) is 5.32 Å². The molecule has 1 amide bonds. The molecular formula is C18H16ClNO3. The topological polar surface area (TPSA) is 55.4 Å². The number of anilines is 1. The van der Waals surface area contributed by atoms with Crippen LogP contribution >= 0.6 is 11.6 Å². The van der Waals surface area contributed by atoms with Gasteiger partial charge in [0.15, 0.2) is 6.61 Å². The highest BCUT2D eigenvalue weighted by Gasteiger charge is 2.52. The van der Waals surface area contributed by atoms with Crippen LogP contribution in [0.4, 0.5) is 5.69 Å². The lowest BCUT2D eigenvalue weighted by atomic mass is 9.96. The fourth-order valence-corrected chi connectivity index (χ4v) is 2.69. The molecule has 1 N–H and O–H groups in total. The Bertz CT molecular complexity index is 726. The number of hydrogen-bond donors (Lipinski definition) is 1. The Labute approximate surface area is 139 Å². The van der Waals surface area contributed by atoms with Crippen LogP contribution in [0, 0.1) is 0 Å². The summed E-state index contributed by atoms with van der Waals surface area (Å²) in [6.45, 7) is -0.321. The molecule has 1 fully saturated rings. The van der Waals surface area contributed by atoms with Crippen LogP contribution in [0.15, 0.2) is 54.6 Å². The standard InChI is InChI=1S/C18H16ClNO3/c19-14-8-4-5-9-15(14)20-16(21)12-23-17(22)18(10-11-18)13-6-2-1-3-7-13/h1-9H,10-12H2,(H,20,21). The highest BCUT2D eigenvalue weighted by molar-refractivity contribution is 6.33. The number of esters is 1. The molecule has 1 aliphatic carbocycles. The summed E-state index contributed by atoms with van der Waals surface area (Å²) in [4.78, 5) is 24.2. The number of amides is 1. The largest absolute Gasteiger partial charge is 0.455 e. The smallest absolute Gasteiger partial charge is 0.317 e. The Balaban J connectivity index is 1.57. The van der Waals surface area contributed by atoms with Gasteiger partial charge in [0.25, 0.3) is 5.91 Å². The summed E-state index contributed by atoms with van der Waals surface area (Å²) in [5.74, 6) is -0.756. The van der Waals surface area contributed by atoms with Crippen LogP contribution in [0.25, 0.3) is 0 Å². The van der Waals surface area contributed by atoms with Crippen LogP contribution in [0.3, 0.4) is 0 Å². The van der Waals surface area contributed by atoms with Crippen molar-refractivity contribution >= 4 is 29.2 Å². The first kappa shape index (κ1) is 15.6. The van der Waals surface area contributed by atoms with Crippen molar-refractivity contribution in [3.8, 4) is 0 Å². The summed E-state index contributed by atoms with van der Waals surface area (Å²) in [7, 11) is 0. The fraction of sp³-hybridized carbons (Fsp3) is 0.222. The molecule has 1 saturated carbocycles. The first-order valence-corrected chi connectivity index (χ1v) is 7.77. The van der Waals surface area contributed by atoms with E-state index in [1.165, 1.54) is 0 Å². The monoisotopic (exact) mass is 329 g/mol. The van der Waals surface area contributed by atoms with Crippen LogP contribution in [-0.4, -0.2) is 18.5 Å². The average Bonchev–Trinajstić information content (AvgIpc) is 3.37. The van der Waals surface area contributed by atoms with E-state index in [1.54, 1.807) is 24.3 Å². The summed E-state index contributed by atoms with van der Waals surface area (Å²) >= 11 is 5.97. The third-order valence-electron chi connectivity index (χ3n) is 3.95. The number of benzene rings is 2. The molecule has 0 spiro atoms. The van der Waals surface area contributed by atoms with E-state index in [0.717, 1.165) is 18.4 Å². The van der Waals surface area contributed by atoms with Crippen LogP contribution < -0.4 is 5.32 Å². The van der Waals surface area contributed by atoms with Crippen LogP contribution in [0.5, 0.6) is 0 Å². The molecule has 118 valence electrons. The predicted molar refractivity (Wildman–Crippen MR) is 88.4 cm³/mol. The number of rotatable bonds is 5. The maximum absolute atomic E-state index is 12.3. The lowest BCUT2D eigenvalue weighted by Crippen LogP contribution is -2.28. The highest BCUT2D eigenvalue weighted by Crippen LogP contribution is 2.49. The van der Waals surface area contributed by atoms with Gasteiger partial charge in [0, 0.05) is 0 Å². The number of nitrogens with one attached hydrogen (secondary N) is 1. The average molecular weight is 330 g/mol. The van der Waals surface area contributed by atoms with E-state index in [-0.39, 0.29) is 12.6 Å². The fourth-order valence-electron chi connectivity index (χ4n) is 2.51. The van der Waals surface area contributed by atoms with Gasteiger partial charge in [0.05, 0.1) is 16.1 Å². The summed E-state index contributed by atoms with van der Waals surface area (Å²) in [6, 6.07) is 16.4. The molecule has 23 heavy (non-hydrogen) atoms. The predicted octanol–water partition coefficient (Wildman–Crippen LogP) is 3.55. The van der Waals surface area contributed by atoms with Gasteiger partial charge in [-0.25, -0.2) is 0 Å². The lowest BCUT2D eigenvalue weighted by Gasteiger charge is -2.15. The van der Waals surface area contributed by atoms with Crippen LogP contribution in [-0.2, 0) is 19.7 Å². The number of halogens is 1. The van der Waals surface area contributed by atoms with Gasteiger partial charge in [0.1, 0.15) is 0 Å². The summed E-state index contributed by atoms with van der Waals surface area (Å²) < 4.78 is 5.20. The van der Waals surface area contributed by atoms with Gasteiger partial charge in [-0.3, -0.25) is 9.59 Å². The maximum Gasteiger partial charge on any atom is 0.317 e. The van der Waals surface area contributed by atoms with E-state index in [1.807, 2.05) is 30.3 Å². The highest BCUT2D eigenvalue weighted by atomic mass is 35.5. The zero-order chi connectivity index (χ0) is 16.3. The van der Waals surface area contributed by atoms with Crippen LogP contribution in [0.1, 0.15) is 18.4 Å². The number of hydrogen-bond acceptors (Lipinski definition) is 3. The molecule has 2 aromatic carbocycles. The molecule has 3 rings (SSSR count). The number of carbonyl (C=O) groups excluding carboxylic acids is 2. The minimum atomic E-state index is -0.577. The minimum Gasteiger partial charge on any atom is -0.455 e. The van der Waals surface area contributed by atoms with Crippen molar-refractivity contribution in [2.75, 3.05) is 11.9 Å². The van der Waals surface area contributed by atoms with Crippen molar-refractivity contribution in [3.63, 3.8) is 0 Å². The molecule has 0 bridgehead atoms. The zero-order valence-electron chi connectivity index (χ0n) is 12.4. The van der Waals surface area contributed by atoms with Crippen molar-refractivity contribution in [1.29, 1.82) is 0 Å². The van der Waals surface area contributed by atoms with Gasteiger partial charge in [-0.1, -0.05) is 54.1 Å². The van der Waals surface area contributed by atoms with Crippen LogP contribution in [0.2, 0.25) is 5.02 Å². The summed E-state index contributed by atoms with van der Waals surface area (Å²) in [5, 5.41) is 3.07. The Hall–Kier alpha value is -2.33. The third kappa shape index (κ3) is 3.37. The van der Waals surface area contributed by atoms with Gasteiger partial charge < -0.3 is 10.1 Å². The van der Waals surface area contributed by atoms with Gasteiger partial charge in [-0.2, -0.15) is 0 Å². The van der Waals surface area contributed by atoms with Crippen molar-refractivity contribution in [2.24, 2.45) is 0 Å². The molecule has 5 heteroatoms. The number of para-hydroxylation sites is 1. The van der Waals surface area contributed by atoms with Gasteiger partial charge in [0.2, 0.25) is 0 Å². The second-order valence-corrected chi connectivity index (χ2v) is 5.96. The van der Waals surface area contributed by atoms with Gasteiger partial charge in [-0.15, -0.1) is 0 Å². The van der Waals surface area contributed by atoms with Gasteiger partial charge >= 0.3 is 5.97 Å². The zero-order valence-corrected chi connectivity index (χ0v) is 13.2. The summed E-state index contributed by atoms with van der Waals surface area (Å²) in [5.41, 5.74) is 0.863. The quantitative estimate of drug-likeness (QED) is 0.853. The minimum absolute atomic E-state index is 0.321. The Kier molecular flexibility index (Phi) is 4.35. The normalized spacial score (nSPS) is 14.8. The number of carbonyl (C=O) groups is 2. The molecule has 0 saturated heterocycles. The van der Waals surface area contributed by atoms with Gasteiger partial charge in [-0.05, 0) is 30.5 Å². The second kappa shape index (κ2) is 6.42.